The van der Waals surface area contributed by atoms with Gasteiger partial charge in [-0.05, 0) is 6.26 Å². The normalized spacial score (nSPS) is 26.9. The molecule has 1 aliphatic rings. The molecule has 1 aliphatic heterocycles. The van der Waals surface area contributed by atoms with Crippen molar-refractivity contribution in [3.8, 4) is 0 Å². The van der Waals surface area contributed by atoms with Crippen molar-refractivity contribution in [1.29, 1.82) is 0 Å². The van der Waals surface area contributed by atoms with Crippen molar-refractivity contribution in [2.24, 2.45) is 4.99 Å². The Labute approximate surface area is 58.6 Å². The highest BCUT2D eigenvalue weighted by Crippen LogP contribution is 2.00. The van der Waals surface area contributed by atoms with Crippen LogP contribution in [0.2, 0.25) is 0 Å². The zero-order chi connectivity index (χ0) is 6.69. The number of aliphatic hydroxyl groups excluding tert-OH is 1. The molecule has 1 atom stereocenters. The van der Waals surface area contributed by atoms with E-state index < -0.39 is 0 Å². The third-order valence-corrected chi connectivity index (χ3v) is 1.79. The summed E-state index contributed by atoms with van der Waals surface area (Å²) in [6.07, 6.45) is 1.67. The van der Waals surface area contributed by atoms with Crippen LogP contribution >= 0.6 is 11.8 Å². The second-order valence-corrected chi connectivity index (χ2v) is 2.68. The summed E-state index contributed by atoms with van der Waals surface area (Å²) in [6, 6.07) is 0. The molecule has 1 rings (SSSR count). The number of hydrogen-bond acceptors (Lipinski definition) is 4. The predicted molar refractivity (Wildman–Crippen MR) is 39.8 cm³/mol. The summed E-state index contributed by atoms with van der Waals surface area (Å²) in [6.45, 7) is 1.18. The van der Waals surface area contributed by atoms with Crippen molar-refractivity contribution < 1.29 is 5.11 Å². The van der Waals surface area contributed by atoms with Gasteiger partial charge in [-0.3, -0.25) is 4.99 Å². The van der Waals surface area contributed by atoms with Crippen LogP contribution in [0.3, 0.4) is 0 Å². The molecule has 0 saturated heterocycles. The van der Waals surface area contributed by atoms with Crippen molar-refractivity contribution in [2.75, 3.05) is 19.3 Å². The second-order valence-electron chi connectivity index (χ2n) is 1.88. The first-order valence-electron chi connectivity index (χ1n) is 2.83. The summed E-state index contributed by atoms with van der Waals surface area (Å²) in [4.78, 5) is 4.05. The minimum absolute atomic E-state index is 0.291. The van der Waals surface area contributed by atoms with E-state index in [1.807, 2.05) is 6.26 Å². The molecule has 4 heteroatoms. The van der Waals surface area contributed by atoms with Crippen LogP contribution in [0.25, 0.3) is 0 Å². The van der Waals surface area contributed by atoms with Crippen LogP contribution in [-0.2, 0) is 0 Å². The number of rotatable bonds is 0. The second kappa shape index (κ2) is 3.08. The minimum atomic E-state index is -0.291. The topological polar surface area (TPSA) is 44.6 Å². The Morgan fingerprint density at radius 1 is 1.89 bits per heavy atom. The number of aliphatic imine (C=N–C) groups is 1. The molecule has 2 N–H and O–H groups in total. The molecular weight excluding hydrogens is 136 g/mol. The number of nitrogens with zero attached hydrogens (tertiary/aromatic N) is 1. The molecule has 0 radical (unpaired) electrons. The molecule has 0 saturated carbocycles. The average Bonchev–Trinajstić information content (AvgIpc) is 1.90. The maximum atomic E-state index is 8.94. The molecule has 52 valence electrons. The molecule has 0 amide bonds. The van der Waals surface area contributed by atoms with Gasteiger partial charge in [-0.1, -0.05) is 11.8 Å². The van der Waals surface area contributed by atoms with Gasteiger partial charge in [0.2, 0.25) is 0 Å². The number of thioether (sulfide) groups is 1. The Morgan fingerprint density at radius 2 is 2.67 bits per heavy atom. The van der Waals surface area contributed by atoms with E-state index in [0.717, 1.165) is 5.17 Å². The number of amidine groups is 1. The Kier molecular flexibility index (Phi) is 2.36. The van der Waals surface area contributed by atoms with Crippen LogP contribution in [0, 0.1) is 0 Å². The van der Waals surface area contributed by atoms with Crippen LogP contribution in [0.15, 0.2) is 4.99 Å². The Hall–Kier alpha value is -0.220. The third-order valence-electron chi connectivity index (χ3n) is 1.13. The van der Waals surface area contributed by atoms with Crippen molar-refractivity contribution in [3.63, 3.8) is 0 Å². The zero-order valence-electron chi connectivity index (χ0n) is 5.29. The van der Waals surface area contributed by atoms with Crippen molar-refractivity contribution in [1.82, 2.24) is 5.32 Å². The van der Waals surface area contributed by atoms with Crippen molar-refractivity contribution >= 4 is 16.9 Å². The van der Waals surface area contributed by atoms with Crippen LogP contribution < -0.4 is 5.32 Å². The van der Waals surface area contributed by atoms with E-state index in [-0.39, 0.29) is 6.10 Å². The number of aliphatic hydroxyl groups is 1. The highest BCUT2D eigenvalue weighted by atomic mass is 32.2. The van der Waals surface area contributed by atoms with Gasteiger partial charge in [0.1, 0.15) is 0 Å². The van der Waals surface area contributed by atoms with Crippen LogP contribution in [0.4, 0.5) is 0 Å². The van der Waals surface area contributed by atoms with E-state index in [1.165, 1.54) is 0 Å². The van der Waals surface area contributed by atoms with E-state index in [2.05, 4.69) is 10.3 Å². The molecule has 0 bridgehead atoms. The lowest BCUT2D eigenvalue weighted by Crippen LogP contribution is -2.37. The highest BCUT2D eigenvalue weighted by Gasteiger charge is 2.09. The highest BCUT2D eigenvalue weighted by molar-refractivity contribution is 8.13. The Bertz CT molecular complexity index is 126. The van der Waals surface area contributed by atoms with Crippen LogP contribution in [0.5, 0.6) is 0 Å². The van der Waals surface area contributed by atoms with Gasteiger partial charge in [-0.15, -0.1) is 0 Å². The van der Waals surface area contributed by atoms with E-state index >= 15 is 0 Å². The fraction of sp³-hybridized carbons (Fsp3) is 0.800. The zero-order valence-corrected chi connectivity index (χ0v) is 6.11. The summed E-state index contributed by atoms with van der Waals surface area (Å²) >= 11 is 1.58. The lowest BCUT2D eigenvalue weighted by Gasteiger charge is -2.16. The molecule has 1 unspecified atom stereocenters. The smallest absolute Gasteiger partial charge is 0.156 e. The molecule has 1 heterocycles. The van der Waals surface area contributed by atoms with Gasteiger partial charge < -0.3 is 10.4 Å². The Balaban J connectivity index is 2.40. The first kappa shape index (κ1) is 6.89. The summed E-state index contributed by atoms with van der Waals surface area (Å²) in [5.41, 5.74) is 0. The van der Waals surface area contributed by atoms with Gasteiger partial charge in [0.05, 0.1) is 12.6 Å². The van der Waals surface area contributed by atoms with Gasteiger partial charge in [-0.2, -0.15) is 0 Å². The van der Waals surface area contributed by atoms with Gasteiger partial charge in [0, 0.05) is 6.54 Å². The van der Waals surface area contributed by atoms with E-state index in [1.54, 1.807) is 11.8 Å². The molecule has 0 spiro atoms. The SMILES string of the molecule is CSC1=NCC(O)CN1. The largest absolute Gasteiger partial charge is 0.389 e. The fourth-order valence-electron chi connectivity index (χ4n) is 0.651. The number of nitrogens with one attached hydrogen (secondary N) is 1. The Morgan fingerprint density at radius 3 is 3.11 bits per heavy atom. The fourth-order valence-corrected chi connectivity index (χ4v) is 1.08. The first-order chi connectivity index (χ1) is 4.33. The van der Waals surface area contributed by atoms with Gasteiger partial charge in [-0.25, -0.2) is 0 Å². The number of β-amino-alcohol motifs (C(OH)–C–C–N with tert-alkyl or cyclic N) is 1. The molecule has 0 fully saturated rings. The summed E-state index contributed by atoms with van der Waals surface area (Å²) in [5.74, 6) is 0. The molecule has 3 nitrogen and oxygen atoms in total. The van der Waals surface area contributed by atoms with E-state index in [4.69, 9.17) is 5.11 Å². The van der Waals surface area contributed by atoms with Gasteiger partial charge >= 0.3 is 0 Å². The quantitative estimate of drug-likeness (QED) is 0.492. The molecule has 0 aromatic carbocycles. The third kappa shape index (κ3) is 1.87. The summed E-state index contributed by atoms with van der Waals surface area (Å²) in [7, 11) is 0. The maximum Gasteiger partial charge on any atom is 0.156 e. The first-order valence-corrected chi connectivity index (χ1v) is 4.06. The molecule has 9 heavy (non-hydrogen) atoms. The summed E-state index contributed by atoms with van der Waals surface area (Å²) < 4.78 is 0. The summed E-state index contributed by atoms with van der Waals surface area (Å²) in [5, 5.41) is 12.9. The molecule has 0 aliphatic carbocycles. The molecule has 0 aromatic rings. The van der Waals surface area contributed by atoms with Crippen LogP contribution in [-0.4, -0.2) is 35.7 Å². The van der Waals surface area contributed by atoms with E-state index in [9.17, 15) is 0 Å². The number of hydrogen-bond donors (Lipinski definition) is 2. The van der Waals surface area contributed by atoms with Crippen molar-refractivity contribution in [3.05, 3.63) is 0 Å². The van der Waals surface area contributed by atoms with Gasteiger partial charge in [0.25, 0.3) is 0 Å². The standard InChI is InChI=1S/C5H10N2OS/c1-9-5-6-2-4(8)3-7-5/h4,8H,2-3H2,1H3,(H,6,7). The maximum absolute atomic E-state index is 8.94. The average molecular weight is 146 g/mol. The molecular formula is C5H10N2OS. The monoisotopic (exact) mass is 146 g/mol. The predicted octanol–water partition coefficient (Wildman–Crippen LogP) is -0.331. The minimum Gasteiger partial charge on any atom is -0.389 e. The van der Waals surface area contributed by atoms with E-state index in [0.29, 0.717) is 13.1 Å². The lowest BCUT2D eigenvalue weighted by atomic mass is 10.3. The lowest BCUT2D eigenvalue weighted by molar-refractivity contribution is 0.182. The molecule has 0 aromatic heterocycles. The van der Waals surface area contributed by atoms with Gasteiger partial charge in [0.15, 0.2) is 5.17 Å². The van der Waals surface area contributed by atoms with Crippen LogP contribution in [0.1, 0.15) is 0 Å². The van der Waals surface area contributed by atoms with Crippen molar-refractivity contribution in [2.45, 2.75) is 6.10 Å².